The molecule has 0 spiro atoms. The Labute approximate surface area is 121 Å². The van der Waals surface area contributed by atoms with Gasteiger partial charge in [0.05, 0.1) is 0 Å². The highest BCUT2D eigenvalue weighted by atomic mass is 16.2. The first-order valence-corrected chi connectivity index (χ1v) is 7.89. The molecule has 114 valence electrons. The van der Waals surface area contributed by atoms with Gasteiger partial charge in [0, 0.05) is 13.0 Å². The van der Waals surface area contributed by atoms with E-state index in [0.717, 1.165) is 44.9 Å². The van der Waals surface area contributed by atoms with Crippen molar-refractivity contribution in [1.82, 2.24) is 10.6 Å². The monoisotopic (exact) mass is 281 g/mol. The molecule has 0 aromatic carbocycles. The van der Waals surface area contributed by atoms with Crippen LogP contribution in [0.1, 0.15) is 51.9 Å². The predicted molar refractivity (Wildman–Crippen MR) is 77.9 cm³/mol. The van der Waals surface area contributed by atoms with E-state index in [-0.39, 0.29) is 29.8 Å². The molecule has 0 aromatic heterocycles. The summed E-state index contributed by atoms with van der Waals surface area (Å²) in [5.74, 6) is 0.536. The molecule has 2 fully saturated rings. The summed E-state index contributed by atoms with van der Waals surface area (Å²) in [5, 5.41) is 5.97. The Kier molecular flexibility index (Phi) is 5.40. The molecule has 0 aliphatic heterocycles. The first-order valence-electron chi connectivity index (χ1n) is 7.89. The van der Waals surface area contributed by atoms with E-state index < -0.39 is 0 Å². The van der Waals surface area contributed by atoms with Crippen LogP contribution in [-0.4, -0.2) is 30.4 Å². The van der Waals surface area contributed by atoms with Crippen molar-refractivity contribution in [1.29, 1.82) is 0 Å². The highest BCUT2D eigenvalue weighted by molar-refractivity contribution is 5.87. The van der Waals surface area contributed by atoms with Gasteiger partial charge in [-0.05, 0) is 44.1 Å². The van der Waals surface area contributed by atoms with Gasteiger partial charge in [0.15, 0.2) is 0 Å². The molecule has 2 saturated carbocycles. The van der Waals surface area contributed by atoms with Crippen molar-refractivity contribution >= 4 is 11.8 Å². The standard InChI is InChI=1S/C15H27N3O2/c1-10(19)17-14(11-5-2-3-6-11)15(20)18-13-8-4-7-12(13)9-16/h11-14H,2-9,16H2,1H3,(H,17,19)(H,18,20). The number of amides is 2. The molecular weight excluding hydrogens is 254 g/mol. The average Bonchev–Trinajstić information content (AvgIpc) is 3.06. The first kappa shape index (κ1) is 15.3. The summed E-state index contributed by atoms with van der Waals surface area (Å²) in [7, 11) is 0. The van der Waals surface area contributed by atoms with Gasteiger partial charge in [-0.1, -0.05) is 19.3 Å². The van der Waals surface area contributed by atoms with E-state index >= 15 is 0 Å². The van der Waals surface area contributed by atoms with E-state index in [1.807, 2.05) is 0 Å². The minimum Gasteiger partial charge on any atom is -0.351 e. The third-order valence-corrected chi connectivity index (χ3v) is 4.80. The van der Waals surface area contributed by atoms with Gasteiger partial charge in [-0.2, -0.15) is 0 Å². The fourth-order valence-electron chi connectivity index (χ4n) is 3.69. The van der Waals surface area contributed by atoms with Crippen LogP contribution in [0.2, 0.25) is 0 Å². The Morgan fingerprint density at radius 3 is 2.45 bits per heavy atom. The number of hydrogen-bond donors (Lipinski definition) is 3. The van der Waals surface area contributed by atoms with E-state index in [1.165, 1.54) is 6.92 Å². The molecule has 5 nitrogen and oxygen atoms in total. The molecule has 2 rings (SSSR count). The Morgan fingerprint density at radius 1 is 1.15 bits per heavy atom. The van der Waals surface area contributed by atoms with Gasteiger partial charge in [-0.15, -0.1) is 0 Å². The molecule has 3 unspecified atom stereocenters. The molecule has 2 aliphatic rings. The van der Waals surface area contributed by atoms with Gasteiger partial charge >= 0.3 is 0 Å². The lowest BCUT2D eigenvalue weighted by Gasteiger charge is -2.27. The zero-order chi connectivity index (χ0) is 14.5. The highest BCUT2D eigenvalue weighted by Crippen LogP contribution is 2.29. The SMILES string of the molecule is CC(=O)NC(C(=O)NC1CCCC1CN)C1CCCC1. The van der Waals surface area contributed by atoms with Crippen LogP contribution in [0.15, 0.2) is 0 Å². The molecule has 20 heavy (non-hydrogen) atoms. The molecule has 3 atom stereocenters. The summed E-state index contributed by atoms with van der Waals surface area (Å²) < 4.78 is 0. The summed E-state index contributed by atoms with van der Waals surface area (Å²) >= 11 is 0. The van der Waals surface area contributed by atoms with Crippen LogP contribution in [-0.2, 0) is 9.59 Å². The van der Waals surface area contributed by atoms with Crippen molar-refractivity contribution in [3.05, 3.63) is 0 Å². The fraction of sp³-hybridized carbons (Fsp3) is 0.867. The number of carbonyl (C=O) groups is 2. The molecule has 0 bridgehead atoms. The molecule has 2 amide bonds. The quantitative estimate of drug-likeness (QED) is 0.701. The van der Waals surface area contributed by atoms with Crippen LogP contribution in [0.25, 0.3) is 0 Å². The molecule has 4 N–H and O–H groups in total. The number of hydrogen-bond acceptors (Lipinski definition) is 3. The zero-order valence-electron chi connectivity index (χ0n) is 12.4. The Hall–Kier alpha value is -1.10. The first-order chi connectivity index (χ1) is 9.61. The van der Waals surface area contributed by atoms with Crippen molar-refractivity contribution < 1.29 is 9.59 Å². The lowest BCUT2D eigenvalue weighted by molar-refractivity contribution is -0.130. The van der Waals surface area contributed by atoms with E-state index in [9.17, 15) is 9.59 Å². The smallest absolute Gasteiger partial charge is 0.243 e. The molecule has 5 heteroatoms. The van der Waals surface area contributed by atoms with Gasteiger partial charge in [0.25, 0.3) is 0 Å². The largest absolute Gasteiger partial charge is 0.351 e. The molecule has 0 heterocycles. The van der Waals surface area contributed by atoms with E-state index in [1.54, 1.807) is 0 Å². The van der Waals surface area contributed by atoms with Crippen molar-refractivity contribution in [2.75, 3.05) is 6.54 Å². The molecule has 0 aromatic rings. The van der Waals surface area contributed by atoms with Crippen LogP contribution >= 0.6 is 0 Å². The van der Waals surface area contributed by atoms with Crippen LogP contribution in [0.5, 0.6) is 0 Å². The second kappa shape index (κ2) is 7.07. The lowest BCUT2D eigenvalue weighted by Crippen LogP contribution is -2.53. The van der Waals surface area contributed by atoms with Crippen LogP contribution in [0.4, 0.5) is 0 Å². The maximum absolute atomic E-state index is 12.5. The molecule has 2 aliphatic carbocycles. The Balaban J connectivity index is 1.96. The fourth-order valence-corrected chi connectivity index (χ4v) is 3.69. The molecular formula is C15H27N3O2. The Morgan fingerprint density at radius 2 is 1.85 bits per heavy atom. The van der Waals surface area contributed by atoms with E-state index in [2.05, 4.69) is 10.6 Å². The number of nitrogens with two attached hydrogens (primary N) is 1. The Bertz CT molecular complexity index is 353. The van der Waals surface area contributed by atoms with Crippen molar-refractivity contribution in [2.24, 2.45) is 17.6 Å². The van der Waals surface area contributed by atoms with Gasteiger partial charge in [-0.3, -0.25) is 9.59 Å². The molecule has 0 radical (unpaired) electrons. The second-order valence-corrected chi connectivity index (χ2v) is 6.26. The van der Waals surface area contributed by atoms with Crippen LogP contribution in [0.3, 0.4) is 0 Å². The van der Waals surface area contributed by atoms with Crippen molar-refractivity contribution in [2.45, 2.75) is 64.0 Å². The van der Waals surface area contributed by atoms with Gasteiger partial charge in [-0.25, -0.2) is 0 Å². The highest BCUT2D eigenvalue weighted by Gasteiger charge is 2.34. The minimum atomic E-state index is -0.367. The summed E-state index contributed by atoms with van der Waals surface area (Å²) in [4.78, 5) is 23.9. The average molecular weight is 281 g/mol. The predicted octanol–water partition coefficient (Wildman–Crippen LogP) is 0.925. The number of nitrogens with one attached hydrogen (secondary N) is 2. The summed E-state index contributed by atoms with van der Waals surface area (Å²) in [6.07, 6.45) is 7.60. The normalized spacial score (nSPS) is 28.3. The van der Waals surface area contributed by atoms with Gasteiger partial charge in [0.2, 0.25) is 11.8 Å². The topological polar surface area (TPSA) is 84.2 Å². The maximum atomic E-state index is 12.5. The third kappa shape index (κ3) is 3.72. The maximum Gasteiger partial charge on any atom is 0.243 e. The molecule has 0 saturated heterocycles. The van der Waals surface area contributed by atoms with Gasteiger partial charge in [0.1, 0.15) is 6.04 Å². The summed E-state index contributed by atoms with van der Waals surface area (Å²) in [6, 6.07) is -0.181. The van der Waals surface area contributed by atoms with Crippen molar-refractivity contribution in [3.8, 4) is 0 Å². The summed E-state index contributed by atoms with van der Waals surface area (Å²) in [5.41, 5.74) is 5.76. The number of rotatable bonds is 5. The third-order valence-electron chi connectivity index (χ3n) is 4.80. The van der Waals surface area contributed by atoms with Crippen LogP contribution in [0, 0.1) is 11.8 Å². The lowest BCUT2D eigenvalue weighted by atomic mass is 9.96. The van der Waals surface area contributed by atoms with Crippen molar-refractivity contribution in [3.63, 3.8) is 0 Å². The zero-order valence-corrected chi connectivity index (χ0v) is 12.4. The van der Waals surface area contributed by atoms with E-state index in [4.69, 9.17) is 5.73 Å². The second-order valence-electron chi connectivity index (χ2n) is 6.26. The summed E-state index contributed by atoms with van der Waals surface area (Å²) in [6.45, 7) is 2.10. The van der Waals surface area contributed by atoms with E-state index in [0.29, 0.717) is 12.5 Å². The van der Waals surface area contributed by atoms with Crippen LogP contribution < -0.4 is 16.4 Å². The minimum absolute atomic E-state index is 0.0163. The van der Waals surface area contributed by atoms with Gasteiger partial charge < -0.3 is 16.4 Å². The number of carbonyl (C=O) groups excluding carboxylic acids is 2.